The topological polar surface area (TPSA) is 157 Å². The van der Waals surface area contributed by atoms with Crippen LogP contribution >= 0.6 is 11.6 Å². The molecule has 1 fully saturated rings. The zero-order valence-electron chi connectivity index (χ0n) is 19.9. The van der Waals surface area contributed by atoms with Crippen molar-refractivity contribution in [2.45, 2.75) is 31.1 Å². The molecule has 1 amide bonds. The molecule has 1 aliphatic rings. The Bertz CT molecular complexity index is 1450. The number of rotatable bonds is 7. The van der Waals surface area contributed by atoms with Gasteiger partial charge in [-0.25, -0.2) is 15.0 Å². The summed E-state index contributed by atoms with van der Waals surface area (Å²) < 4.78 is 12.5. The molecule has 37 heavy (non-hydrogen) atoms. The molecule has 0 spiro atoms. The van der Waals surface area contributed by atoms with Crippen LogP contribution in [0.1, 0.15) is 11.8 Å². The molecule has 4 N–H and O–H groups in total. The average Bonchev–Trinajstić information content (AvgIpc) is 3.47. The fourth-order valence-electron chi connectivity index (χ4n) is 4.11. The molecule has 5 rings (SSSR count). The largest absolute Gasteiger partial charge is 0.497 e. The van der Waals surface area contributed by atoms with E-state index in [1.807, 2.05) is 24.3 Å². The van der Waals surface area contributed by atoms with E-state index in [0.29, 0.717) is 39.9 Å². The number of benzene rings is 1. The van der Waals surface area contributed by atoms with Crippen molar-refractivity contribution in [3.63, 3.8) is 0 Å². The lowest BCUT2D eigenvalue weighted by molar-refractivity contribution is -0.137. The van der Waals surface area contributed by atoms with E-state index in [-0.39, 0.29) is 0 Å². The van der Waals surface area contributed by atoms with E-state index in [1.54, 1.807) is 19.4 Å². The van der Waals surface area contributed by atoms with Gasteiger partial charge in [0.05, 0.1) is 18.5 Å². The lowest BCUT2D eigenvalue weighted by atomic mass is 10.1. The van der Waals surface area contributed by atoms with E-state index in [0.717, 1.165) is 11.3 Å². The number of pyridine rings is 1. The number of aromatic nitrogens is 5. The van der Waals surface area contributed by atoms with Gasteiger partial charge in [-0.15, -0.1) is 0 Å². The first-order chi connectivity index (χ1) is 17.9. The molecule has 4 heterocycles. The number of aliphatic hydroxyl groups excluding tert-OH is 2. The van der Waals surface area contributed by atoms with Crippen LogP contribution in [0.3, 0.4) is 0 Å². The molecular weight excluding hydrogens is 502 g/mol. The second kappa shape index (κ2) is 10.3. The highest BCUT2D eigenvalue weighted by Gasteiger charge is 2.47. The van der Waals surface area contributed by atoms with Gasteiger partial charge in [0.15, 0.2) is 35.1 Å². The highest BCUT2D eigenvalue weighted by molar-refractivity contribution is 6.30. The van der Waals surface area contributed by atoms with Crippen LogP contribution in [0.2, 0.25) is 5.02 Å². The van der Waals surface area contributed by atoms with Gasteiger partial charge in [-0.1, -0.05) is 23.7 Å². The van der Waals surface area contributed by atoms with Gasteiger partial charge in [0, 0.05) is 31.5 Å². The monoisotopic (exact) mass is 525 g/mol. The molecular formula is C24H24ClN7O5. The van der Waals surface area contributed by atoms with Crippen LogP contribution in [0.5, 0.6) is 5.75 Å². The van der Waals surface area contributed by atoms with Crippen molar-refractivity contribution in [1.29, 1.82) is 0 Å². The molecule has 4 aromatic rings. The average molecular weight is 526 g/mol. The smallest absolute Gasteiger partial charge is 0.251 e. The van der Waals surface area contributed by atoms with E-state index in [9.17, 15) is 15.0 Å². The van der Waals surface area contributed by atoms with Crippen molar-refractivity contribution in [3.05, 3.63) is 59.6 Å². The third-order valence-electron chi connectivity index (χ3n) is 6.00. The Labute approximate surface area is 216 Å². The molecule has 1 aliphatic heterocycles. The fraction of sp³-hybridized carbons (Fsp3) is 0.292. The Balaban J connectivity index is 1.57. The van der Waals surface area contributed by atoms with Crippen molar-refractivity contribution in [2.24, 2.45) is 0 Å². The minimum atomic E-state index is -1.44. The van der Waals surface area contributed by atoms with E-state index >= 15 is 0 Å². The van der Waals surface area contributed by atoms with Crippen LogP contribution in [0, 0.1) is 0 Å². The van der Waals surface area contributed by atoms with Gasteiger partial charge in [0.25, 0.3) is 5.91 Å². The van der Waals surface area contributed by atoms with Crippen LogP contribution in [0.25, 0.3) is 22.6 Å². The Morgan fingerprint density at radius 2 is 2.05 bits per heavy atom. The van der Waals surface area contributed by atoms with Crippen molar-refractivity contribution < 1.29 is 24.5 Å². The molecule has 0 aliphatic carbocycles. The standard InChI is InChI=1S/C24H24ClN7O5/c1-26-23(35)19-17(33)18(34)24(37-19)32-11-29-16-21(28-8-12-4-3-5-15(6-12)36-2)30-20(31-22(16)32)13-7-14(25)10-27-9-13/h3-7,9-11,17-19,24,33-34H,8H2,1-2H3,(H,26,35)(H,28,30,31)/t17-,18+,19-,24+/m0/s1. The lowest BCUT2D eigenvalue weighted by Crippen LogP contribution is -2.41. The van der Waals surface area contributed by atoms with Crippen molar-refractivity contribution in [1.82, 2.24) is 29.8 Å². The molecule has 13 heteroatoms. The summed E-state index contributed by atoms with van der Waals surface area (Å²) in [5, 5.41) is 27.2. The van der Waals surface area contributed by atoms with E-state index in [1.165, 1.54) is 24.1 Å². The van der Waals surface area contributed by atoms with Gasteiger partial charge >= 0.3 is 0 Å². The van der Waals surface area contributed by atoms with Crippen LogP contribution < -0.4 is 15.4 Å². The number of amides is 1. The zero-order chi connectivity index (χ0) is 26.1. The number of nitrogens with one attached hydrogen (secondary N) is 2. The molecule has 0 unspecified atom stereocenters. The molecule has 1 aromatic carbocycles. The molecule has 0 radical (unpaired) electrons. The maximum atomic E-state index is 12.1. The third-order valence-corrected chi connectivity index (χ3v) is 6.20. The number of imidazole rings is 1. The van der Waals surface area contributed by atoms with E-state index < -0.39 is 30.4 Å². The number of carbonyl (C=O) groups is 1. The number of hydrogen-bond acceptors (Lipinski definition) is 10. The van der Waals surface area contributed by atoms with Crippen LogP contribution in [0.4, 0.5) is 5.82 Å². The SMILES string of the molecule is CNC(=O)[C@H]1O[C@@H](n2cnc3c(NCc4cccc(OC)c4)nc(-c4cncc(Cl)c4)nc32)[C@H](O)[C@@H]1O. The first-order valence-electron chi connectivity index (χ1n) is 11.3. The summed E-state index contributed by atoms with van der Waals surface area (Å²) in [6.45, 7) is 0.406. The first kappa shape index (κ1) is 24.8. The predicted molar refractivity (Wildman–Crippen MR) is 134 cm³/mol. The number of aliphatic hydroxyl groups is 2. The highest BCUT2D eigenvalue weighted by Crippen LogP contribution is 2.34. The quantitative estimate of drug-likeness (QED) is 0.279. The van der Waals surface area contributed by atoms with Gasteiger partial charge in [-0.3, -0.25) is 14.3 Å². The lowest BCUT2D eigenvalue weighted by Gasteiger charge is -2.17. The molecule has 0 saturated carbocycles. The normalized spacial score (nSPS) is 21.2. The number of methoxy groups -OCH3 is 1. The summed E-state index contributed by atoms with van der Waals surface area (Å²) in [6.07, 6.45) is -0.723. The minimum Gasteiger partial charge on any atom is -0.497 e. The summed E-state index contributed by atoms with van der Waals surface area (Å²) in [5.41, 5.74) is 2.22. The number of anilines is 1. The maximum absolute atomic E-state index is 12.1. The Hall–Kier alpha value is -3.84. The third kappa shape index (κ3) is 4.79. The fourth-order valence-corrected chi connectivity index (χ4v) is 4.28. The summed E-state index contributed by atoms with van der Waals surface area (Å²) in [7, 11) is 3.02. The molecule has 12 nitrogen and oxygen atoms in total. The predicted octanol–water partition coefficient (Wildman–Crippen LogP) is 1.53. The molecule has 3 aromatic heterocycles. The Morgan fingerprint density at radius 1 is 1.22 bits per heavy atom. The van der Waals surface area contributed by atoms with Crippen LogP contribution in [-0.4, -0.2) is 73.1 Å². The zero-order valence-corrected chi connectivity index (χ0v) is 20.6. The number of likely N-dealkylation sites (N-methyl/N-ethyl adjacent to an activating group) is 1. The van der Waals surface area contributed by atoms with Gasteiger partial charge in [0.1, 0.15) is 18.0 Å². The summed E-state index contributed by atoms with van der Waals surface area (Å²) in [4.78, 5) is 30.0. The Morgan fingerprint density at radius 3 is 2.81 bits per heavy atom. The summed E-state index contributed by atoms with van der Waals surface area (Å²) >= 11 is 6.15. The van der Waals surface area contributed by atoms with Crippen molar-refractivity contribution in [2.75, 3.05) is 19.5 Å². The van der Waals surface area contributed by atoms with Crippen molar-refractivity contribution >= 4 is 34.5 Å². The second-order valence-electron chi connectivity index (χ2n) is 8.36. The molecule has 4 atom stereocenters. The number of hydrogen-bond donors (Lipinski definition) is 4. The Kier molecular flexibility index (Phi) is 6.89. The number of ether oxygens (including phenoxy) is 2. The van der Waals surface area contributed by atoms with Gasteiger partial charge < -0.3 is 30.3 Å². The van der Waals surface area contributed by atoms with Gasteiger partial charge in [-0.05, 0) is 23.8 Å². The van der Waals surface area contributed by atoms with Gasteiger partial charge in [0.2, 0.25) is 0 Å². The van der Waals surface area contributed by atoms with Crippen molar-refractivity contribution in [3.8, 4) is 17.1 Å². The molecule has 1 saturated heterocycles. The highest BCUT2D eigenvalue weighted by atomic mass is 35.5. The number of nitrogens with zero attached hydrogens (tertiary/aromatic N) is 5. The number of fused-ring (bicyclic) bond motifs is 1. The summed E-state index contributed by atoms with van der Waals surface area (Å²) in [6, 6.07) is 9.25. The van der Waals surface area contributed by atoms with Crippen LogP contribution in [0.15, 0.2) is 49.1 Å². The maximum Gasteiger partial charge on any atom is 0.251 e. The van der Waals surface area contributed by atoms with E-state index in [4.69, 9.17) is 21.1 Å². The summed E-state index contributed by atoms with van der Waals surface area (Å²) in [5.74, 6) is 0.879. The second-order valence-corrected chi connectivity index (χ2v) is 8.80. The van der Waals surface area contributed by atoms with Crippen LogP contribution in [-0.2, 0) is 16.1 Å². The number of halogens is 1. The number of carbonyl (C=O) groups excluding carboxylic acids is 1. The van der Waals surface area contributed by atoms with Gasteiger partial charge in [-0.2, -0.15) is 0 Å². The minimum absolute atomic E-state index is 0.299. The molecule has 0 bridgehead atoms. The van der Waals surface area contributed by atoms with E-state index in [2.05, 4.69) is 30.6 Å². The molecule has 192 valence electrons. The first-order valence-corrected chi connectivity index (χ1v) is 11.7.